The summed E-state index contributed by atoms with van der Waals surface area (Å²) in [7, 11) is 1.54. The number of nitrogens with two attached hydrogens (primary N) is 1. The molecule has 0 bridgehead atoms. The van der Waals surface area contributed by atoms with Gasteiger partial charge < -0.3 is 20.7 Å². The Morgan fingerprint density at radius 2 is 1.83 bits per heavy atom. The fourth-order valence-electron chi connectivity index (χ4n) is 1.64. The summed E-state index contributed by atoms with van der Waals surface area (Å²) in [5.74, 6) is 0.677. The summed E-state index contributed by atoms with van der Waals surface area (Å²) < 4.78 is 5.08. The van der Waals surface area contributed by atoms with Crippen molar-refractivity contribution in [2.24, 2.45) is 11.1 Å². The second-order valence-electron chi connectivity index (χ2n) is 5.26. The molecular weight excluding hydrogens is 254 g/mol. The van der Waals surface area contributed by atoms with Crippen LogP contribution in [0.25, 0.3) is 0 Å². The molecule has 0 fully saturated rings. The van der Waals surface area contributed by atoms with Gasteiger partial charge in [0.1, 0.15) is 11.5 Å². The highest BCUT2D eigenvalue weighted by Crippen LogP contribution is 2.34. The number of phenols is 1. The van der Waals surface area contributed by atoms with Gasteiger partial charge in [0.25, 0.3) is 0 Å². The van der Waals surface area contributed by atoms with Crippen LogP contribution < -0.4 is 10.5 Å². The average molecular weight is 276 g/mol. The quantitative estimate of drug-likeness (QED) is 0.791. The Labute approximate surface area is 114 Å². The fraction of sp³-hybridized carbons (Fsp3) is 0.538. The molecule has 0 spiro atoms. The van der Waals surface area contributed by atoms with Gasteiger partial charge >= 0.3 is 0 Å². The third-order valence-electron chi connectivity index (χ3n) is 2.82. The lowest BCUT2D eigenvalue weighted by Gasteiger charge is -2.31. The number of benzene rings is 1. The zero-order chi connectivity index (χ0) is 13.2. The Balaban J connectivity index is 0.00000289. The van der Waals surface area contributed by atoms with Gasteiger partial charge in [-0.25, -0.2) is 0 Å². The van der Waals surface area contributed by atoms with Crippen molar-refractivity contribution in [2.45, 2.75) is 32.9 Å². The van der Waals surface area contributed by atoms with E-state index in [2.05, 4.69) is 0 Å². The second-order valence-corrected chi connectivity index (χ2v) is 5.26. The minimum atomic E-state index is -0.750. The molecule has 1 aromatic rings. The molecule has 0 aliphatic carbocycles. The summed E-state index contributed by atoms with van der Waals surface area (Å²) in [5.41, 5.74) is 6.12. The topological polar surface area (TPSA) is 75.7 Å². The highest BCUT2D eigenvalue weighted by molar-refractivity contribution is 5.85. The van der Waals surface area contributed by atoms with Crippen molar-refractivity contribution in [3.63, 3.8) is 0 Å². The van der Waals surface area contributed by atoms with Crippen LogP contribution in [0.1, 0.15) is 32.4 Å². The van der Waals surface area contributed by atoms with Gasteiger partial charge in [-0.2, -0.15) is 0 Å². The molecule has 0 aliphatic heterocycles. The molecular formula is C13H22ClNO3. The number of rotatable bonds is 3. The molecule has 0 aromatic heterocycles. The third-order valence-corrected chi connectivity index (χ3v) is 2.82. The molecule has 18 heavy (non-hydrogen) atoms. The second kappa shape index (κ2) is 6.27. The standard InChI is InChI=1S/C13H21NO3.ClH/c1-13(2,3)12(16)11(14)9-7-8(17-4)5-6-10(9)15;/h5-7,11-12,15-16H,14H2,1-4H3;1H/t11-,12-;/m0./s1. The lowest BCUT2D eigenvalue weighted by atomic mass is 9.82. The van der Waals surface area contributed by atoms with Gasteiger partial charge in [0.2, 0.25) is 0 Å². The van der Waals surface area contributed by atoms with Crippen LogP contribution in [0.3, 0.4) is 0 Å². The Hall–Kier alpha value is -0.970. The summed E-state index contributed by atoms with van der Waals surface area (Å²) in [6, 6.07) is 4.16. The Morgan fingerprint density at radius 3 is 2.28 bits per heavy atom. The van der Waals surface area contributed by atoms with Crippen molar-refractivity contribution in [3.8, 4) is 11.5 Å². The van der Waals surface area contributed by atoms with E-state index in [-0.39, 0.29) is 23.6 Å². The number of methoxy groups -OCH3 is 1. The van der Waals surface area contributed by atoms with E-state index >= 15 is 0 Å². The zero-order valence-electron chi connectivity index (χ0n) is 11.2. The lowest BCUT2D eigenvalue weighted by Crippen LogP contribution is -2.37. The van der Waals surface area contributed by atoms with Crippen molar-refractivity contribution in [1.82, 2.24) is 0 Å². The van der Waals surface area contributed by atoms with Crippen LogP contribution in [0, 0.1) is 5.41 Å². The summed E-state index contributed by atoms with van der Waals surface area (Å²) in [6.45, 7) is 5.69. The molecule has 0 saturated heterocycles. The SMILES string of the molecule is COc1ccc(O)c([C@H](N)[C@H](O)C(C)(C)C)c1.Cl. The first kappa shape index (κ1) is 17.0. The first-order valence-electron chi connectivity index (χ1n) is 5.58. The van der Waals surface area contributed by atoms with Gasteiger partial charge in [0.15, 0.2) is 0 Å². The van der Waals surface area contributed by atoms with Gasteiger partial charge in [-0.3, -0.25) is 0 Å². The molecule has 5 heteroatoms. The van der Waals surface area contributed by atoms with E-state index < -0.39 is 12.1 Å². The number of phenolic OH excluding ortho intramolecular Hbond substituents is 1. The van der Waals surface area contributed by atoms with E-state index in [1.54, 1.807) is 19.2 Å². The minimum absolute atomic E-state index is 0. The Morgan fingerprint density at radius 1 is 1.28 bits per heavy atom. The largest absolute Gasteiger partial charge is 0.508 e. The first-order chi connectivity index (χ1) is 7.77. The van der Waals surface area contributed by atoms with Crippen LogP contribution in [0.4, 0.5) is 0 Å². The average Bonchev–Trinajstić information content (AvgIpc) is 2.26. The van der Waals surface area contributed by atoms with Crippen LogP contribution >= 0.6 is 12.4 Å². The van der Waals surface area contributed by atoms with E-state index in [0.717, 1.165) is 0 Å². The predicted octanol–water partition coefficient (Wildman–Crippen LogP) is 2.23. The van der Waals surface area contributed by atoms with Crippen molar-refractivity contribution >= 4 is 12.4 Å². The number of aromatic hydroxyl groups is 1. The van der Waals surface area contributed by atoms with E-state index in [1.165, 1.54) is 6.07 Å². The van der Waals surface area contributed by atoms with Crippen LogP contribution in [0.2, 0.25) is 0 Å². The molecule has 4 N–H and O–H groups in total. The van der Waals surface area contributed by atoms with E-state index in [9.17, 15) is 10.2 Å². The predicted molar refractivity (Wildman–Crippen MR) is 74.3 cm³/mol. The first-order valence-corrected chi connectivity index (χ1v) is 5.58. The molecule has 2 atom stereocenters. The molecule has 0 aliphatic rings. The molecule has 104 valence electrons. The maximum atomic E-state index is 10.1. The Bertz CT molecular complexity index is 390. The van der Waals surface area contributed by atoms with Gasteiger partial charge in [-0.15, -0.1) is 12.4 Å². The molecule has 0 heterocycles. The van der Waals surface area contributed by atoms with Crippen molar-refractivity contribution < 1.29 is 14.9 Å². The number of halogens is 1. The molecule has 0 radical (unpaired) electrons. The number of aliphatic hydroxyl groups is 1. The van der Waals surface area contributed by atoms with E-state index in [0.29, 0.717) is 11.3 Å². The molecule has 0 saturated carbocycles. The zero-order valence-corrected chi connectivity index (χ0v) is 12.0. The third kappa shape index (κ3) is 3.77. The van der Waals surface area contributed by atoms with Crippen molar-refractivity contribution in [1.29, 1.82) is 0 Å². The number of hydrogen-bond donors (Lipinski definition) is 3. The molecule has 1 aromatic carbocycles. The van der Waals surface area contributed by atoms with E-state index in [4.69, 9.17) is 10.5 Å². The normalized spacial score (nSPS) is 14.6. The maximum absolute atomic E-state index is 10.1. The number of aliphatic hydroxyl groups excluding tert-OH is 1. The van der Waals surface area contributed by atoms with Gasteiger partial charge in [0, 0.05) is 5.56 Å². The maximum Gasteiger partial charge on any atom is 0.120 e. The Kier molecular flexibility index (Phi) is 5.93. The molecule has 4 nitrogen and oxygen atoms in total. The fourth-order valence-corrected chi connectivity index (χ4v) is 1.64. The van der Waals surface area contributed by atoms with E-state index in [1.807, 2.05) is 20.8 Å². The lowest BCUT2D eigenvalue weighted by molar-refractivity contribution is 0.0394. The number of ether oxygens (including phenoxy) is 1. The summed E-state index contributed by atoms with van der Waals surface area (Å²) >= 11 is 0. The summed E-state index contributed by atoms with van der Waals surface area (Å²) in [4.78, 5) is 0. The smallest absolute Gasteiger partial charge is 0.120 e. The van der Waals surface area contributed by atoms with Gasteiger partial charge in [-0.05, 0) is 23.6 Å². The van der Waals surface area contributed by atoms with Gasteiger partial charge in [0.05, 0.1) is 19.3 Å². The molecule has 0 unspecified atom stereocenters. The number of hydrogen-bond acceptors (Lipinski definition) is 4. The highest BCUT2D eigenvalue weighted by Gasteiger charge is 2.30. The monoisotopic (exact) mass is 275 g/mol. The molecule has 1 rings (SSSR count). The van der Waals surface area contributed by atoms with Crippen molar-refractivity contribution in [3.05, 3.63) is 23.8 Å². The van der Waals surface area contributed by atoms with Gasteiger partial charge in [-0.1, -0.05) is 20.8 Å². The minimum Gasteiger partial charge on any atom is -0.508 e. The summed E-state index contributed by atoms with van der Waals surface area (Å²) in [5, 5.41) is 19.9. The summed E-state index contributed by atoms with van der Waals surface area (Å²) in [6.07, 6.45) is -0.750. The van der Waals surface area contributed by atoms with Crippen LogP contribution in [0.15, 0.2) is 18.2 Å². The van der Waals surface area contributed by atoms with Crippen LogP contribution in [0.5, 0.6) is 11.5 Å². The highest BCUT2D eigenvalue weighted by atomic mass is 35.5. The van der Waals surface area contributed by atoms with Crippen LogP contribution in [-0.4, -0.2) is 23.4 Å². The molecule has 0 amide bonds. The van der Waals surface area contributed by atoms with Crippen LogP contribution in [-0.2, 0) is 0 Å². The van der Waals surface area contributed by atoms with Crippen molar-refractivity contribution in [2.75, 3.05) is 7.11 Å².